The third-order valence-electron chi connectivity index (χ3n) is 4.15. The lowest BCUT2D eigenvalue weighted by Gasteiger charge is -2.08. The van der Waals surface area contributed by atoms with Crippen molar-refractivity contribution < 1.29 is 13.6 Å². The first-order chi connectivity index (χ1) is 13.0. The van der Waals surface area contributed by atoms with Gasteiger partial charge in [-0.05, 0) is 61.0 Å². The molecule has 0 unspecified atom stereocenters. The second kappa shape index (κ2) is 6.60. The molecule has 27 heavy (non-hydrogen) atoms. The first kappa shape index (κ1) is 16.8. The number of nitrogens with zero attached hydrogens (tertiary/aromatic N) is 3. The molecule has 134 valence electrons. The number of amides is 1. The van der Waals surface area contributed by atoms with Crippen LogP contribution in [0.5, 0.6) is 0 Å². The predicted molar refractivity (Wildman–Crippen MR) is 97.9 cm³/mol. The number of rotatable bonds is 3. The lowest BCUT2D eigenvalue weighted by Crippen LogP contribution is -2.14. The van der Waals surface area contributed by atoms with Crippen LogP contribution in [-0.2, 0) is 0 Å². The predicted octanol–water partition coefficient (Wildman–Crippen LogP) is 4.26. The number of halogens is 2. The van der Waals surface area contributed by atoms with Crippen LogP contribution in [0.15, 0.2) is 60.7 Å². The SMILES string of the molecule is Cc1cc2nn(-c3ccc(F)cc3)nc2cc1NC(=O)c1ccccc1F. The normalized spacial score (nSPS) is 10.9. The van der Waals surface area contributed by atoms with Gasteiger partial charge in [0.1, 0.15) is 22.7 Å². The van der Waals surface area contributed by atoms with Gasteiger partial charge in [-0.15, -0.1) is 10.2 Å². The third-order valence-corrected chi connectivity index (χ3v) is 4.15. The van der Waals surface area contributed by atoms with Gasteiger partial charge in [0.25, 0.3) is 5.91 Å². The minimum absolute atomic E-state index is 0.0352. The maximum atomic E-state index is 13.8. The molecule has 4 rings (SSSR count). The molecular weight excluding hydrogens is 350 g/mol. The number of hydrogen-bond acceptors (Lipinski definition) is 3. The average Bonchev–Trinajstić information content (AvgIpc) is 3.05. The Morgan fingerprint density at radius 1 is 0.963 bits per heavy atom. The summed E-state index contributed by atoms with van der Waals surface area (Å²) in [4.78, 5) is 13.7. The van der Waals surface area contributed by atoms with Gasteiger partial charge >= 0.3 is 0 Å². The molecule has 0 aliphatic rings. The maximum absolute atomic E-state index is 13.8. The fourth-order valence-electron chi connectivity index (χ4n) is 2.73. The number of fused-ring (bicyclic) bond motifs is 1. The van der Waals surface area contributed by atoms with Crippen LogP contribution < -0.4 is 5.32 Å². The zero-order valence-corrected chi connectivity index (χ0v) is 14.3. The van der Waals surface area contributed by atoms with Crippen LogP contribution in [0.2, 0.25) is 0 Å². The van der Waals surface area contributed by atoms with Crippen LogP contribution in [0.25, 0.3) is 16.7 Å². The van der Waals surface area contributed by atoms with Gasteiger partial charge in [-0.1, -0.05) is 12.1 Å². The van der Waals surface area contributed by atoms with E-state index in [1.807, 2.05) is 6.92 Å². The zero-order chi connectivity index (χ0) is 19.0. The van der Waals surface area contributed by atoms with Crippen LogP contribution in [0.4, 0.5) is 14.5 Å². The van der Waals surface area contributed by atoms with E-state index in [0.29, 0.717) is 22.4 Å². The molecular formula is C20H14F2N4O. The Balaban J connectivity index is 1.68. The third kappa shape index (κ3) is 3.27. The molecule has 1 aromatic heterocycles. The minimum Gasteiger partial charge on any atom is -0.322 e. The van der Waals surface area contributed by atoms with Crippen LogP contribution in [0.1, 0.15) is 15.9 Å². The van der Waals surface area contributed by atoms with Crippen LogP contribution >= 0.6 is 0 Å². The van der Waals surface area contributed by atoms with Crippen LogP contribution in [-0.4, -0.2) is 20.9 Å². The standard InChI is InChI=1S/C20H14F2N4O/c1-12-10-18-19(25-26(24-18)14-8-6-13(21)7-9-14)11-17(12)23-20(27)15-4-2-3-5-16(15)22/h2-11H,1H3,(H,23,27). The van der Waals surface area contributed by atoms with Gasteiger partial charge in [0.15, 0.2) is 0 Å². The van der Waals surface area contributed by atoms with Crippen molar-refractivity contribution >= 4 is 22.6 Å². The Morgan fingerprint density at radius 2 is 1.63 bits per heavy atom. The van der Waals surface area contributed by atoms with Crippen molar-refractivity contribution in [1.29, 1.82) is 0 Å². The van der Waals surface area contributed by atoms with Crippen LogP contribution in [0.3, 0.4) is 0 Å². The molecule has 1 heterocycles. The molecule has 0 spiro atoms. The first-order valence-corrected chi connectivity index (χ1v) is 8.21. The van der Waals surface area contributed by atoms with Crippen molar-refractivity contribution in [2.45, 2.75) is 6.92 Å². The van der Waals surface area contributed by atoms with E-state index >= 15 is 0 Å². The van der Waals surface area contributed by atoms with Crippen molar-refractivity contribution in [3.8, 4) is 5.69 Å². The van der Waals surface area contributed by atoms with Crippen molar-refractivity contribution in [3.05, 3.63) is 83.4 Å². The minimum atomic E-state index is -0.587. The van der Waals surface area contributed by atoms with E-state index < -0.39 is 11.7 Å². The van der Waals surface area contributed by atoms with E-state index in [9.17, 15) is 13.6 Å². The molecule has 4 aromatic rings. The Morgan fingerprint density at radius 3 is 2.33 bits per heavy atom. The summed E-state index contributed by atoms with van der Waals surface area (Å²) in [5, 5.41) is 11.5. The molecule has 1 amide bonds. The fourth-order valence-corrected chi connectivity index (χ4v) is 2.73. The number of hydrogen-bond donors (Lipinski definition) is 1. The molecule has 0 aliphatic carbocycles. The van der Waals surface area contributed by atoms with Crippen molar-refractivity contribution in [2.75, 3.05) is 5.32 Å². The quantitative estimate of drug-likeness (QED) is 0.591. The Hall–Kier alpha value is -3.61. The van der Waals surface area contributed by atoms with E-state index in [2.05, 4.69) is 15.5 Å². The molecule has 0 radical (unpaired) electrons. The summed E-state index contributed by atoms with van der Waals surface area (Å²) >= 11 is 0. The highest BCUT2D eigenvalue weighted by molar-refractivity contribution is 6.05. The summed E-state index contributed by atoms with van der Waals surface area (Å²) in [6.45, 7) is 1.81. The highest BCUT2D eigenvalue weighted by atomic mass is 19.1. The van der Waals surface area contributed by atoms with Gasteiger partial charge in [-0.25, -0.2) is 8.78 Å². The molecule has 7 heteroatoms. The molecule has 0 fully saturated rings. The molecule has 5 nitrogen and oxygen atoms in total. The van der Waals surface area contributed by atoms with Crippen molar-refractivity contribution in [2.24, 2.45) is 0 Å². The number of carbonyl (C=O) groups is 1. The van der Waals surface area contributed by atoms with Gasteiger partial charge in [-0.3, -0.25) is 4.79 Å². The number of benzene rings is 3. The van der Waals surface area contributed by atoms with E-state index in [4.69, 9.17) is 0 Å². The number of aromatic nitrogens is 3. The zero-order valence-electron chi connectivity index (χ0n) is 14.3. The van der Waals surface area contributed by atoms with Gasteiger partial charge in [0.2, 0.25) is 0 Å². The summed E-state index contributed by atoms with van der Waals surface area (Å²) < 4.78 is 26.9. The first-order valence-electron chi connectivity index (χ1n) is 8.21. The topological polar surface area (TPSA) is 59.8 Å². The Kier molecular flexibility index (Phi) is 4.12. The molecule has 0 saturated carbocycles. The summed E-state index contributed by atoms with van der Waals surface area (Å²) in [6, 6.07) is 15.0. The lowest BCUT2D eigenvalue weighted by molar-refractivity contribution is 0.102. The summed E-state index contributed by atoms with van der Waals surface area (Å²) in [5.74, 6) is -1.47. The molecule has 0 atom stereocenters. The van der Waals surface area contributed by atoms with Crippen molar-refractivity contribution in [3.63, 3.8) is 0 Å². The molecule has 3 aromatic carbocycles. The molecule has 0 aliphatic heterocycles. The number of aryl methyl sites for hydroxylation is 1. The molecule has 1 N–H and O–H groups in total. The second-order valence-corrected chi connectivity index (χ2v) is 6.06. The van der Waals surface area contributed by atoms with E-state index in [1.54, 1.807) is 30.3 Å². The smallest absolute Gasteiger partial charge is 0.258 e. The van der Waals surface area contributed by atoms with E-state index in [1.165, 1.54) is 35.1 Å². The molecule has 0 bridgehead atoms. The summed E-state index contributed by atoms with van der Waals surface area (Å²) in [5.41, 5.74) is 3.03. The average molecular weight is 364 g/mol. The second-order valence-electron chi connectivity index (χ2n) is 6.06. The lowest BCUT2D eigenvalue weighted by atomic mass is 10.1. The molecule has 0 saturated heterocycles. The summed E-state index contributed by atoms with van der Waals surface area (Å²) in [7, 11) is 0. The number of nitrogens with one attached hydrogen (secondary N) is 1. The Labute approximate surface area is 153 Å². The van der Waals surface area contributed by atoms with Gasteiger partial charge in [0, 0.05) is 5.69 Å². The van der Waals surface area contributed by atoms with E-state index in [0.717, 1.165) is 5.56 Å². The van der Waals surface area contributed by atoms with E-state index in [-0.39, 0.29) is 11.4 Å². The van der Waals surface area contributed by atoms with Gasteiger partial charge in [-0.2, -0.15) is 4.80 Å². The summed E-state index contributed by atoms with van der Waals surface area (Å²) in [6.07, 6.45) is 0. The highest BCUT2D eigenvalue weighted by Crippen LogP contribution is 2.23. The van der Waals surface area contributed by atoms with Crippen LogP contribution in [0, 0.1) is 18.6 Å². The maximum Gasteiger partial charge on any atom is 0.258 e. The van der Waals surface area contributed by atoms with Gasteiger partial charge in [0.05, 0.1) is 11.3 Å². The number of carbonyl (C=O) groups excluding carboxylic acids is 1. The highest BCUT2D eigenvalue weighted by Gasteiger charge is 2.14. The largest absolute Gasteiger partial charge is 0.322 e. The van der Waals surface area contributed by atoms with Crippen molar-refractivity contribution in [1.82, 2.24) is 15.0 Å². The van der Waals surface area contributed by atoms with Gasteiger partial charge < -0.3 is 5.32 Å². The number of anilines is 1. The Bertz CT molecular complexity index is 1150. The fraction of sp³-hybridized carbons (Fsp3) is 0.0500. The monoisotopic (exact) mass is 364 g/mol.